The van der Waals surface area contributed by atoms with E-state index in [-0.39, 0.29) is 0 Å². The van der Waals surface area contributed by atoms with Gasteiger partial charge in [-0.1, -0.05) is 17.4 Å². The molecule has 2 rings (SSSR count). The summed E-state index contributed by atoms with van der Waals surface area (Å²) in [5, 5.41) is 4.42. The number of nitrogens with one attached hydrogen (secondary N) is 1. The summed E-state index contributed by atoms with van der Waals surface area (Å²) >= 11 is 5.26. The summed E-state index contributed by atoms with van der Waals surface area (Å²) in [4.78, 5) is 7.55. The number of aryl methyl sites for hydroxylation is 2. The summed E-state index contributed by atoms with van der Waals surface area (Å²) in [5.41, 5.74) is 3.58. The van der Waals surface area contributed by atoms with Crippen LogP contribution < -0.4 is 15.0 Å². The molecule has 0 aliphatic heterocycles. The van der Waals surface area contributed by atoms with Gasteiger partial charge in [0.15, 0.2) is 5.13 Å². The van der Waals surface area contributed by atoms with Gasteiger partial charge in [-0.25, -0.2) is 0 Å². The topological polar surface area (TPSA) is 37.4 Å². The molecule has 2 aromatic rings. The number of thiazole rings is 1. The second-order valence-electron chi connectivity index (χ2n) is 5.12. The van der Waals surface area contributed by atoms with Crippen molar-refractivity contribution in [3.05, 3.63) is 32.6 Å². The Balaban J connectivity index is 2.20. The molecule has 1 aromatic heterocycles. The average Bonchev–Trinajstić information content (AvgIpc) is 2.81. The summed E-state index contributed by atoms with van der Waals surface area (Å²) in [7, 11) is 5.62. The van der Waals surface area contributed by atoms with Gasteiger partial charge in [-0.05, 0) is 47.0 Å². The van der Waals surface area contributed by atoms with Crippen LogP contribution in [0.2, 0.25) is 0 Å². The number of benzene rings is 1. The largest absolute Gasteiger partial charge is 0.480 e. The molecule has 0 spiro atoms. The predicted molar refractivity (Wildman–Crippen MR) is 93.9 cm³/mol. The number of halogens is 1. The van der Waals surface area contributed by atoms with Gasteiger partial charge in [0, 0.05) is 18.6 Å². The number of aromatic nitrogens is 1. The monoisotopic (exact) mass is 369 g/mol. The lowest BCUT2D eigenvalue weighted by Crippen LogP contribution is -2.07. The lowest BCUT2D eigenvalue weighted by Gasteiger charge is -2.12. The number of rotatable bonds is 5. The van der Waals surface area contributed by atoms with Crippen LogP contribution in [0.5, 0.6) is 5.88 Å². The van der Waals surface area contributed by atoms with Crippen molar-refractivity contribution in [2.75, 3.05) is 31.4 Å². The zero-order valence-corrected chi connectivity index (χ0v) is 15.4. The zero-order chi connectivity index (χ0) is 15.6. The average molecular weight is 370 g/mol. The molecule has 0 atom stereocenters. The Morgan fingerprint density at radius 3 is 2.62 bits per heavy atom. The molecule has 0 bridgehead atoms. The first-order valence-corrected chi connectivity index (χ1v) is 8.25. The molecular weight excluding hydrogens is 350 g/mol. The van der Waals surface area contributed by atoms with Crippen molar-refractivity contribution in [1.82, 2.24) is 4.98 Å². The lowest BCUT2D eigenvalue weighted by molar-refractivity contribution is 0.397. The standard InChI is InChI=1S/C15H20BrN3OS/c1-9-6-10(2)13(11(16)7-9)17-8-12-14(20-5)18-15(21-12)19(3)4/h6-7,17H,8H2,1-5H3. The highest BCUT2D eigenvalue weighted by atomic mass is 79.9. The molecule has 0 saturated carbocycles. The molecule has 4 nitrogen and oxygen atoms in total. The van der Waals surface area contributed by atoms with Gasteiger partial charge < -0.3 is 15.0 Å². The Morgan fingerprint density at radius 1 is 1.33 bits per heavy atom. The smallest absolute Gasteiger partial charge is 0.231 e. The minimum absolute atomic E-state index is 0.692. The van der Waals surface area contributed by atoms with E-state index in [9.17, 15) is 0 Å². The van der Waals surface area contributed by atoms with Crippen LogP contribution in [0.4, 0.5) is 10.8 Å². The number of ether oxygens (including phenoxy) is 1. The lowest BCUT2D eigenvalue weighted by atomic mass is 10.1. The van der Waals surface area contributed by atoms with Gasteiger partial charge in [0.25, 0.3) is 0 Å². The third kappa shape index (κ3) is 3.68. The van der Waals surface area contributed by atoms with E-state index in [4.69, 9.17) is 4.74 Å². The molecule has 0 fully saturated rings. The molecule has 6 heteroatoms. The van der Waals surface area contributed by atoms with E-state index < -0.39 is 0 Å². The van der Waals surface area contributed by atoms with Crippen LogP contribution in [0.3, 0.4) is 0 Å². The van der Waals surface area contributed by atoms with Crippen molar-refractivity contribution in [1.29, 1.82) is 0 Å². The van der Waals surface area contributed by atoms with E-state index in [2.05, 4.69) is 52.2 Å². The molecule has 0 radical (unpaired) electrons. The molecule has 0 amide bonds. The van der Waals surface area contributed by atoms with Crippen molar-refractivity contribution in [3.8, 4) is 5.88 Å². The van der Waals surface area contributed by atoms with E-state index in [0.29, 0.717) is 12.4 Å². The summed E-state index contributed by atoms with van der Waals surface area (Å²) in [6.07, 6.45) is 0. The normalized spacial score (nSPS) is 10.6. The minimum atomic E-state index is 0.692. The maximum Gasteiger partial charge on any atom is 0.231 e. The second-order valence-corrected chi connectivity index (χ2v) is 7.03. The van der Waals surface area contributed by atoms with Crippen LogP contribution in [-0.2, 0) is 6.54 Å². The number of anilines is 2. The van der Waals surface area contributed by atoms with Gasteiger partial charge in [0.05, 0.1) is 24.2 Å². The highest BCUT2D eigenvalue weighted by molar-refractivity contribution is 9.10. The molecule has 1 aromatic carbocycles. The maximum atomic E-state index is 5.37. The van der Waals surface area contributed by atoms with Crippen molar-refractivity contribution in [2.45, 2.75) is 20.4 Å². The van der Waals surface area contributed by atoms with Gasteiger partial charge >= 0.3 is 0 Å². The molecular formula is C15H20BrN3OS. The van der Waals surface area contributed by atoms with Crippen LogP contribution in [0.15, 0.2) is 16.6 Å². The Bertz CT molecular complexity index is 617. The third-order valence-corrected chi connectivity index (χ3v) is 4.91. The molecule has 1 N–H and O–H groups in total. The van der Waals surface area contributed by atoms with E-state index >= 15 is 0 Å². The molecule has 1 heterocycles. The highest BCUT2D eigenvalue weighted by Crippen LogP contribution is 2.33. The number of hydrogen-bond donors (Lipinski definition) is 1. The van der Waals surface area contributed by atoms with Gasteiger partial charge in [0.1, 0.15) is 0 Å². The van der Waals surface area contributed by atoms with Crippen LogP contribution in [0, 0.1) is 13.8 Å². The van der Waals surface area contributed by atoms with Crippen molar-refractivity contribution >= 4 is 38.1 Å². The minimum Gasteiger partial charge on any atom is -0.480 e. The first-order chi connectivity index (χ1) is 9.92. The highest BCUT2D eigenvalue weighted by Gasteiger charge is 2.14. The summed E-state index contributed by atoms with van der Waals surface area (Å²) < 4.78 is 6.45. The van der Waals surface area contributed by atoms with Crippen LogP contribution in [-0.4, -0.2) is 26.2 Å². The maximum absolute atomic E-state index is 5.37. The fraction of sp³-hybridized carbons (Fsp3) is 0.400. The zero-order valence-electron chi connectivity index (χ0n) is 13.0. The first-order valence-electron chi connectivity index (χ1n) is 6.64. The molecule has 114 valence electrons. The second kappa shape index (κ2) is 6.66. The van der Waals surface area contributed by atoms with Crippen molar-refractivity contribution in [2.24, 2.45) is 0 Å². The number of nitrogens with zero attached hydrogens (tertiary/aromatic N) is 2. The molecule has 0 unspecified atom stereocenters. The van der Waals surface area contributed by atoms with Crippen molar-refractivity contribution < 1.29 is 4.74 Å². The SMILES string of the molecule is COc1nc(N(C)C)sc1CNc1c(C)cc(C)cc1Br. The van der Waals surface area contributed by atoms with Gasteiger partial charge in [-0.3, -0.25) is 0 Å². The van der Waals surface area contributed by atoms with Gasteiger partial charge in [-0.15, -0.1) is 0 Å². The van der Waals surface area contributed by atoms with Crippen LogP contribution in [0.1, 0.15) is 16.0 Å². The third-order valence-electron chi connectivity index (χ3n) is 3.08. The summed E-state index contributed by atoms with van der Waals surface area (Å²) in [5.74, 6) is 0.692. The molecule has 21 heavy (non-hydrogen) atoms. The fourth-order valence-corrected chi connectivity index (χ4v) is 3.80. The van der Waals surface area contributed by atoms with E-state index in [1.165, 1.54) is 11.1 Å². The van der Waals surface area contributed by atoms with E-state index in [1.54, 1.807) is 18.4 Å². The number of methoxy groups -OCH3 is 1. The van der Waals surface area contributed by atoms with Crippen LogP contribution in [0.25, 0.3) is 0 Å². The Morgan fingerprint density at radius 2 is 2.05 bits per heavy atom. The molecule has 0 saturated heterocycles. The summed E-state index contributed by atoms with van der Waals surface area (Å²) in [6, 6.07) is 4.28. The van der Waals surface area contributed by atoms with Crippen LogP contribution >= 0.6 is 27.3 Å². The van der Waals surface area contributed by atoms with E-state index in [0.717, 1.165) is 20.2 Å². The van der Waals surface area contributed by atoms with Crippen molar-refractivity contribution in [3.63, 3.8) is 0 Å². The predicted octanol–water partition coefficient (Wildman–Crippen LogP) is 4.21. The summed E-state index contributed by atoms with van der Waals surface area (Å²) in [6.45, 7) is 4.89. The van der Waals surface area contributed by atoms with Gasteiger partial charge in [0.2, 0.25) is 5.88 Å². The Hall–Kier alpha value is -1.27. The Labute approximate surface area is 138 Å². The quantitative estimate of drug-likeness (QED) is 0.856. The van der Waals surface area contributed by atoms with E-state index in [1.807, 2.05) is 19.0 Å². The first kappa shape index (κ1) is 16.1. The van der Waals surface area contributed by atoms with Gasteiger partial charge in [-0.2, -0.15) is 4.98 Å². The molecule has 0 aliphatic carbocycles. The molecule has 0 aliphatic rings. The Kier molecular flexibility index (Phi) is 5.11. The fourth-order valence-electron chi connectivity index (χ4n) is 2.10. The number of hydrogen-bond acceptors (Lipinski definition) is 5.